The first-order chi connectivity index (χ1) is 11.4. The Labute approximate surface area is 139 Å². The van der Waals surface area contributed by atoms with Gasteiger partial charge in [0.1, 0.15) is 5.82 Å². The summed E-state index contributed by atoms with van der Waals surface area (Å²) in [7, 11) is -3.83. The number of aryl methyl sites for hydroxylation is 1. The number of hydrogen-bond acceptors (Lipinski definition) is 3. The van der Waals surface area contributed by atoms with Crippen LogP contribution >= 0.6 is 0 Å². The van der Waals surface area contributed by atoms with Gasteiger partial charge in [-0.1, -0.05) is 22.8 Å². The molecule has 0 saturated carbocycles. The van der Waals surface area contributed by atoms with Crippen LogP contribution in [0.4, 0.5) is 10.1 Å². The first-order valence-corrected chi connectivity index (χ1v) is 8.78. The van der Waals surface area contributed by atoms with Crippen LogP contribution in [0.15, 0.2) is 52.5 Å². The average molecular weight is 346 g/mol. The second-order valence-electron chi connectivity index (χ2n) is 5.66. The lowest BCUT2D eigenvalue weighted by Gasteiger charge is -2.26. The highest BCUT2D eigenvalue weighted by molar-refractivity contribution is 7.92. The van der Waals surface area contributed by atoms with E-state index in [1.165, 1.54) is 34.6 Å². The van der Waals surface area contributed by atoms with E-state index in [1.807, 2.05) is 6.92 Å². The molecule has 8 heteroatoms. The highest BCUT2D eigenvalue weighted by Crippen LogP contribution is 2.37. The molecule has 0 aliphatic carbocycles. The fourth-order valence-electron chi connectivity index (χ4n) is 2.89. The fourth-order valence-corrected chi connectivity index (χ4v) is 4.56. The van der Waals surface area contributed by atoms with Gasteiger partial charge in [-0.05, 0) is 54.8 Å². The third kappa shape index (κ3) is 2.81. The lowest BCUT2D eigenvalue weighted by atomic mass is 10.1. The molecule has 124 valence electrons. The molecule has 0 spiro atoms. The van der Waals surface area contributed by atoms with Gasteiger partial charge in [0.2, 0.25) is 0 Å². The van der Waals surface area contributed by atoms with Crippen molar-refractivity contribution in [3.05, 3.63) is 69.9 Å². The summed E-state index contributed by atoms with van der Waals surface area (Å²) in [5.41, 5.74) is 10.5. The Bertz CT molecular complexity index is 922. The van der Waals surface area contributed by atoms with Gasteiger partial charge in [-0.2, -0.15) is 0 Å². The Morgan fingerprint density at radius 1 is 1.29 bits per heavy atom. The van der Waals surface area contributed by atoms with Gasteiger partial charge >= 0.3 is 0 Å². The molecule has 0 saturated heterocycles. The summed E-state index contributed by atoms with van der Waals surface area (Å²) >= 11 is 0. The molecule has 0 fully saturated rings. The zero-order valence-corrected chi connectivity index (χ0v) is 13.7. The third-order valence-corrected chi connectivity index (χ3v) is 5.88. The SMILES string of the molecule is Cc1ccc(S(=O)(=O)N2c3ccc(F)cc3C[C@H]2CN=[N+]=[N-])cc1. The molecule has 1 aliphatic heterocycles. The van der Waals surface area contributed by atoms with Gasteiger partial charge in [-0.15, -0.1) is 0 Å². The summed E-state index contributed by atoms with van der Waals surface area (Å²) in [6, 6.07) is 9.95. The molecule has 0 unspecified atom stereocenters. The Morgan fingerprint density at radius 3 is 2.67 bits per heavy atom. The van der Waals surface area contributed by atoms with Crippen molar-refractivity contribution < 1.29 is 12.8 Å². The highest BCUT2D eigenvalue weighted by atomic mass is 32.2. The molecule has 1 atom stereocenters. The Balaban J connectivity index is 2.10. The molecule has 2 aromatic carbocycles. The number of nitrogens with zero attached hydrogens (tertiary/aromatic N) is 4. The molecule has 0 bridgehead atoms. The smallest absolute Gasteiger partial charge is 0.263 e. The van der Waals surface area contributed by atoms with Gasteiger partial charge in [-0.25, -0.2) is 12.8 Å². The van der Waals surface area contributed by atoms with E-state index < -0.39 is 21.9 Å². The number of benzene rings is 2. The second-order valence-corrected chi connectivity index (χ2v) is 7.47. The van der Waals surface area contributed by atoms with Crippen molar-refractivity contribution in [1.82, 2.24) is 0 Å². The summed E-state index contributed by atoms with van der Waals surface area (Å²) in [6.45, 7) is 1.85. The van der Waals surface area contributed by atoms with E-state index in [9.17, 15) is 12.8 Å². The third-order valence-electron chi connectivity index (χ3n) is 4.00. The van der Waals surface area contributed by atoms with Crippen molar-refractivity contribution in [3.8, 4) is 0 Å². The van der Waals surface area contributed by atoms with E-state index in [-0.39, 0.29) is 11.4 Å². The zero-order chi connectivity index (χ0) is 17.3. The molecule has 6 nitrogen and oxygen atoms in total. The van der Waals surface area contributed by atoms with E-state index in [1.54, 1.807) is 12.1 Å². The van der Waals surface area contributed by atoms with Crippen LogP contribution in [-0.2, 0) is 16.4 Å². The van der Waals surface area contributed by atoms with E-state index in [0.717, 1.165) is 5.56 Å². The van der Waals surface area contributed by atoms with Gasteiger partial charge < -0.3 is 0 Å². The number of halogens is 1. The van der Waals surface area contributed by atoms with E-state index >= 15 is 0 Å². The van der Waals surface area contributed by atoms with Crippen molar-refractivity contribution in [2.45, 2.75) is 24.3 Å². The highest BCUT2D eigenvalue weighted by Gasteiger charge is 2.38. The van der Waals surface area contributed by atoms with E-state index in [4.69, 9.17) is 5.53 Å². The monoisotopic (exact) mass is 346 g/mol. The van der Waals surface area contributed by atoms with Gasteiger partial charge in [0.25, 0.3) is 10.0 Å². The van der Waals surface area contributed by atoms with Crippen molar-refractivity contribution in [2.75, 3.05) is 10.8 Å². The maximum Gasteiger partial charge on any atom is 0.264 e. The molecule has 3 rings (SSSR count). The minimum Gasteiger partial charge on any atom is -0.263 e. The summed E-state index contributed by atoms with van der Waals surface area (Å²) in [4.78, 5) is 2.86. The molecular weight excluding hydrogens is 331 g/mol. The largest absolute Gasteiger partial charge is 0.264 e. The lowest BCUT2D eigenvalue weighted by molar-refractivity contribution is 0.579. The number of anilines is 1. The van der Waals surface area contributed by atoms with Crippen LogP contribution in [0.1, 0.15) is 11.1 Å². The first kappa shape index (κ1) is 16.3. The van der Waals surface area contributed by atoms with Crippen LogP contribution in [-0.4, -0.2) is 21.0 Å². The number of rotatable bonds is 4. The average Bonchev–Trinajstić information content (AvgIpc) is 2.91. The van der Waals surface area contributed by atoms with Crippen LogP contribution in [0.3, 0.4) is 0 Å². The Morgan fingerprint density at radius 2 is 2.00 bits per heavy atom. The maximum atomic E-state index is 13.5. The molecular formula is C16H15FN4O2S. The number of sulfonamides is 1. The summed E-state index contributed by atoms with van der Waals surface area (Å²) in [5, 5.41) is 3.51. The van der Waals surface area contributed by atoms with E-state index in [2.05, 4.69) is 10.0 Å². The standard InChI is InChI=1S/C16H15FN4O2S/c1-11-2-5-15(6-3-11)24(22,23)21-14(10-19-20-18)9-12-8-13(17)4-7-16(12)21/h2-8,14H,9-10H2,1H3/t14-/m0/s1. The summed E-state index contributed by atoms with van der Waals surface area (Å²) in [6.07, 6.45) is 0.303. The minimum absolute atomic E-state index is 0.0160. The maximum absolute atomic E-state index is 13.5. The fraction of sp³-hybridized carbons (Fsp3) is 0.250. The van der Waals surface area contributed by atoms with Gasteiger partial charge in [0.05, 0.1) is 16.6 Å². The van der Waals surface area contributed by atoms with Crippen LogP contribution in [0, 0.1) is 12.7 Å². The number of fused-ring (bicyclic) bond motifs is 1. The molecule has 0 radical (unpaired) electrons. The normalized spacial score (nSPS) is 16.6. The quantitative estimate of drug-likeness (QED) is 0.481. The molecule has 1 heterocycles. The lowest BCUT2D eigenvalue weighted by Crippen LogP contribution is -2.39. The molecule has 2 aromatic rings. The van der Waals surface area contributed by atoms with Crippen molar-refractivity contribution in [1.29, 1.82) is 0 Å². The zero-order valence-electron chi connectivity index (χ0n) is 12.9. The van der Waals surface area contributed by atoms with Crippen molar-refractivity contribution in [3.63, 3.8) is 0 Å². The van der Waals surface area contributed by atoms with Gasteiger partial charge in [-0.3, -0.25) is 4.31 Å². The Kier molecular flexibility index (Phi) is 4.17. The molecule has 1 aliphatic rings. The molecule has 0 amide bonds. The molecule has 0 N–H and O–H groups in total. The second kappa shape index (κ2) is 6.14. The van der Waals surface area contributed by atoms with Crippen molar-refractivity contribution in [2.24, 2.45) is 5.11 Å². The summed E-state index contributed by atoms with van der Waals surface area (Å²) < 4.78 is 40.8. The van der Waals surface area contributed by atoms with Crippen LogP contribution < -0.4 is 4.31 Å². The van der Waals surface area contributed by atoms with Crippen molar-refractivity contribution >= 4 is 15.7 Å². The first-order valence-electron chi connectivity index (χ1n) is 7.34. The van der Waals surface area contributed by atoms with Gasteiger partial charge in [0, 0.05) is 11.5 Å². The Hall–Kier alpha value is -2.57. The topological polar surface area (TPSA) is 86.1 Å². The minimum atomic E-state index is -3.83. The van der Waals surface area contributed by atoms with Crippen LogP contribution in [0.25, 0.3) is 10.4 Å². The summed E-state index contributed by atoms with van der Waals surface area (Å²) in [5.74, 6) is -0.425. The predicted octanol–water partition coefficient (Wildman–Crippen LogP) is 3.56. The number of azide groups is 1. The van der Waals surface area contributed by atoms with E-state index in [0.29, 0.717) is 17.7 Å². The van der Waals surface area contributed by atoms with Gasteiger partial charge in [0.15, 0.2) is 0 Å². The number of hydrogen-bond donors (Lipinski definition) is 0. The van der Waals surface area contributed by atoms with Crippen LogP contribution in [0.2, 0.25) is 0 Å². The molecule has 24 heavy (non-hydrogen) atoms. The molecule has 0 aromatic heterocycles. The van der Waals surface area contributed by atoms with Crippen LogP contribution in [0.5, 0.6) is 0 Å². The predicted molar refractivity (Wildman–Crippen MR) is 88.7 cm³/mol.